The third-order valence-corrected chi connectivity index (χ3v) is 2.49. The Hall–Kier alpha value is -0.930. The van der Waals surface area contributed by atoms with E-state index >= 15 is 0 Å². The summed E-state index contributed by atoms with van der Waals surface area (Å²) in [7, 11) is 3.98. The van der Waals surface area contributed by atoms with Gasteiger partial charge in [0.1, 0.15) is 5.82 Å². The molecule has 0 radical (unpaired) electrons. The number of nitrogens with zero attached hydrogens (tertiary/aromatic N) is 1. The standard InChI is InChI=1S/C12H19FN2/c1-10-4-5-12(13)8-11(10)9-15(3)7-6-14-2/h4-5,8,14H,6-7,9H2,1-3H3. The lowest BCUT2D eigenvalue weighted by Crippen LogP contribution is -2.27. The van der Waals surface area contributed by atoms with Crippen molar-refractivity contribution in [2.24, 2.45) is 0 Å². The minimum Gasteiger partial charge on any atom is -0.318 e. The van der Waals surface area contributed by atoms with Crippen molar-refractivity contribution >= 4 is 0 Å². The number of hydrogen-bond donors (Lipinski definition) is 1. The number of nitrogens with one attached hydrogen (secondary N) is 1. The number of likely N-dealkylation sites (N-methyl/N-ethyl adjacent to an activating group) is 2. The molecule has 0 atom stereocenters. The monoisotopic (exact) mass is 210 g/mol. The molecule has 1 rings (SSSR count). The molecular weight excluding hydrogens is 191 g/mol. The third kappa shape index (κ3) is 3.98. The number of halogens is 1. The lowest BCUT2D eigenvalue weighted by atomic mass is 10.1. The van der Waals surface area contributed by atoms with E-state index in [1.54, 1.807) is 6.07 Å². The third-order valence-electron chi connectivity index (χ3n) is 2.49. The molecule has 3 heteroatoms. The fourth-order valence-corrected chi connectivity index (χ4v) is 1.48. The first-order chi connectivity index (χ1) is 7.13. The van der Waals surface area contributed by atoms with Gasteiger partial charge in [-0.2, -0.15) is 0 Å². The van der Waals surface area contributed by atoms with Crippen molar-refractivity contribution in [2.75, 3.05) is 27.2 Å². The molecule has 1 aromatic rings. The molecule has 15 heavy (non-hydrogen) atoms. The second-order valence-corrected chi connectivity index (χ2v) is 3.91. The van der Waals surface area contributed by atoms with Gasteiger partial charge in [-0.25, -0.2) is 4.39 Å². The van der Waals surface area contributed by atoms with Crippen LogP contribution in [0.2, 0.25) is 0 Å². The molecule has 84 valence electrons. The zero-order chi connectivity index (χ0) is 11.3. The number of rotatable bonds is 5. The van der Waals surface area contributed by atoms with E-state index in [2.05, 4.69) is 10.2 Å². The Balaban J connectivity index is 2.59. The molecule has 0 fully saturated rings. The van der Waals surface area contributed by atoms with Gasteiger partial charge < -0.3 is 10.2 Å². The molecule has 0 spiro atoms. The van der Waals surface area contributed by atoms with Crippen molar-refractivity contribution in [2.45, 2.75) is 13.5 Å². The molecule has 0 aliphatic heterocycles. The van der Waals surface area contributed by atoms with Gasteiger partial charge >= 0.3 is 0 Å². The number of aryl methyl sites for hydroxylation is 1. The molecule has 0 heterocycles. The first-order valence-corrected chi connectivity index (χ1v) is 5.21. The minimum atomic E-state index is -0.155. The second-order valence-electron chi connectivity index (χ2n) is 3.91. The maximum Gasteiger partial charge on any atom is 0.123 e. The summed E-state index contributed by atoms with van der Waals surface area (Å²) in [6, 6.07) is 4.95. The normalized spacial score (nSPS) is 11.0. The lowest BCUT2D eigenvalue weighted by molar-refractivity contribution is 0.327. The van der Waals surface area contributed by atoms with Gasteiger partial charge in [0, 0.05) is 19.6 Å². The summed E-state index contributed by atoms with van der Waals surface area (Å²) in [6.45, 7) is 4.73. The van der Waals surface area contributed by atoms with E-state index in [-0.39, 0.29) is 5.82 Å². The van der Waals surface area contributed by atoms with Crippen LogP contribution in [0.1, 0.15) is 11.1 Å². The Morgan fingerprint density at radius 3 is 2.80 bits per heavy atom. The summed E-state index contributed by atoms with van der Waals surface area (Å²) in [5.74, 6) is -0.155. The maximum atomic E-state index is 13.0. The van der Waals surface area contributed by atoms with Gasteiger partial charge in [-0.3, -0.25) is 0 Å². The number of hydrogen-bond acceptors (Lipinski definition) is 2. The minimum absolute atomic E-state index is 0.155. The fourth-order valence-electron chi connectivity index (χ4n) is 1.48. The van der Waals surface area contributed by atoms with Gasteiger partial charge in [0.25, 0.3) is 0 Å². The summed E-state index contributed by atoms with van der Waals surface area (Å²) in [4.78, 5) is 2.18. The van der Waals surface area contributed by atoms with E-state index in [0.29, 0.717) is 0 Å². The Labute approximate surface area is 91.1 Å². The zero-order valence-corrected chi connectivity index (χ0v) is 9.68. The molecule has 1 N–H and O–H groups in total. The Bertz CT molecular complexity index is 312. The number of benzene rings is 1. The van der Waals surface area contributed by atoms with Crippen LogP contribution in [0.15, 0.2) is 18.2 Å². The van der Waals surface area contributed by atoms with Gasteiger partial charge in [0.05, 0.1) is 0 Å². The van der Waals surface area contributed by atoms with Crippen molar-refractivity contribution in [3.63, 3.8) is 0 Å². The van der Waals surface area contributed by atoms with Crippen molar-refractivity contribution < 1.29 is 4.39 Å². The van der Waals surface area contributed by atoms with E-state index < -0.39 is 0 Å². The topological polar surface area (TPSA) is 15.3 Å². The fraction of sp³-hybridized carbons (Fsp3) is 0.500. The Kier molecular flexibility index (Phi) is 4.72. The first kappa shape index (κ1) is 12.1. The van der Waals surface area contributed by atoms with Crippen LogP contribution in [0, 0.1) is 12.7 Å². The highest BCUT2D eigenvalue weighted by atomic mass is 19.1. The zero-order valence-electron chi connectivity index (χ0n) is 9.68. The average Bonchev–Trinajstić information content (AvgIpc) is 2.20. The quantitative estimate of drug-likeness (QED) is 0.797. The smallest absolute Gasteiger partial charge is 0.123 e. The van der Waals surface area contributed by atoms with Crippen molar-refractivity contribution in [3.05, 3.63) is 35.1 Å². The van der Waals surface area contributed by atoms with Crippen LogP contribution >= 0.6 is 0 Å². The van der Waals surface area contributed by atoms with Gasteiger partial charge in [-0.1, -0.05) is 6.07 Å². The molecular formula is C12H19FN2. The SMILES string of the molecule is CNCCN(C)Cc1cc(F)ccc1C. The molecule has 0 aromatic heterocycles. The van der Waals surface area contributed by atoms with Gasteiger partial charge in [0.15, 0.2) is 0 Å². The average molecular weight is 210 g/mol. The van der Waals surface area contributed by atoms with Crippen LogP contribution in [-0.2, 0) is 6.54 Å². The molecule has 0 unspecified atom stereocenters. The second kappa shape index (κ2) is 5.83. The van der Waals surface area contributed by atoms with Crippen LogP contribution in [0.3, 0.4) is 0 Å². The Morgan fingerprint density at radius 2 is 2.13 bits per heavy atom. The summed E-state index contributed by atoms with van der Waals surface area (Å²) < 4.78 is 13.0. The predicted octanol–water partition coefficient (Wildman–Crippen LogP) is 1.79. The van der Waals surface area contributed by atoms with Crippen LogP contribution in [0.4, 0.5) is 4.39 Å². The largest absolute Gasteiger partial charge is 0.318 e. The van der Waals surface area contributed by atoms with Crippen LogP contribution in [0.25, 0.3) is 0 Å². The van der Waals surface area contributed by atoms with Gasteiger partial charge in [-0.15, -0.1) is 0 Å². The predicted molar refractivity (Wildman–Crippen MR) is 61.4 cm³/mol. The van der Waals surface area contributed by atoms with Crippen LogP contribution in [0.5, 0.6) is 0 Å². The van der Waals surface area contributed by atoms with Crippen molar-refractivity contribution in [1.29, 1.82) is 0 Å². The maximum absolute atomic E-state index is 13.0. The first-order valence-electron chi connectivity index (χ1n) is 5.21. The molecule has 0 saturated carbocycles. The van der Waals surface area contributed by atoms with Gasteiger partial charge in [-0.05, 0) is 44.3 Å². The molecule has 1 aromatic carbocycles. The Morgan fingerprint density at radius 1 is 1.40 bits per heavy atom. The highest BCUT2D eigenvalue weighted by Gasteiger charge is 2.03. The molecule has 0 saturated heterocycles. The highest BCUT2D eigenvalue weighted by Crippen LogP contribution is 2.11. The molecule has 0 aliphatic carbocycles. The van der Waals surface area contributed by atoms with E-state index in [1.165, 1.54) is 6.07 Å². The van der Waals surface area contributed by atoms with Crippen LogP contribution in [-0.4, -0.2) is 32.1 Å². The molecule has 0 aliphatic rings. The molecule has 2 nitrogen and oxygen atoms in total. The van der Waals surface area contributed by atoms with E-state index in [9.17, 15) is 4.39 Å². The summed E-state index contributed by atoms with van der Waals surface area (Å²) in [6.07, 6.45) is 0. The van der Waals surface area contributed by atoms with E-state index in [0.717, 1.165) is 30.8 Å². The molecule has 0 amide bonds. The lowest BCUT2D eigenvalue weighted by Gasteiger charge is -2.17. The van der Waals surface area contributed by atoms with Gasteiger partial charge in [0.2, 0.25) is 0 Å². The summed E-state index contributed by atoms with van der Waals surface area (Å²) in [5.41, 5.74) is 2.21. The van der Waals surface area contributed by atoms with Crippen molar-refractivity contribution in [1.82, 2.24) is 10.2 Å². The molecule has 0 bridgehead atoms. The van der Waals surface area contributed by atoms with Crippen molar-refractivity contribution in [3.8, 4) is 0 Å². The summed E-state index contributed by atoms with van der Waals surface area (Å²) in [5, 5.41) is 3.09. The van der Waals surface area contributed by atoms with E-state index in [1.807, 2.05) is 27.1 Å². The summed E-state index contributed by atoms with van der Waals surface area (Å²) >= 11 is 0. The van der Waals surface area contributed by atoms with E-state index in [4.69, 9.17) is 0 Å². The highest BCUT2D eigenvalue weighted by molar-refractivity contribution is 5.26. The van der Waals surface area contributed by atoms with Crippen LogP contribution < -0.4 is 5.32 Å².